The molecule has 2 aliphatic carbocycles. The van der Waals surface area contributed by atoms with E-state index in [4.69, 9.17) is 5.73 Å². The van der Waals surface area contributed by atoms with Gasteiger partial charge in [0.2, 0.25) is 5.91 Å². The summed E-state index contributed by atoms with van der Waals surface area (Å²) in [7, 11) is 0. The summed E-state index contributed by atoms with van der Waals surface area (Å²) in [6.45, 7) is 0.750. The number of amides is 1. The van der Waals surface area contributed by atoms with Gasteiger partial charge in [0.1, 0.15) is 0 Å². The quantitative estimate of drug-likeness (QED) is 0.677. The molecule has 3 heteroatoms. The Labute approximate surface area is 127 Å². The molecule has 2 saturated carbocycles. The third-order valence-corrected chi connectivity index (χ3v) is 4.81. The van der Waals surface area contributed by atoms with E-state index in [0.29, 0.717) is 11.9 Å². The van der Waals surface area contributed by atoms with Gasteiger partial charge in [-0.25, -0.2) is 0 Å². The molecule has 2 fully saturated rings. The van der Waals surface area contributed by atoms with Crippen LogP contribution in [0.15, 0.2) is 24.3 Å². The molecule has 0 radical (unpaired) electrons. The van der Waals surface area contributed by atoms with E-state index in [1.54, 1.807) is 0 Å². The standard InChI is InChI=1S/C18H26N2O/c19-16-9-7-14(8-10-16)13-20(17-11-12-17)18(21)15-5-3-1-2-4-6-15/h7-10,15,17H,1-6,11-13,19H2. The highest BCUT2D eigenvalue weighted by Crippen LogP contribution is 2.33. The van der Waals surface area contributed by atoms with Crippen LogP contribution in [0, 0.1) is 5.92 Å². The van der Waals surface area contributed by atoms with Gasteiger partial charge in [0.25, 0.3) is 0 Å². The summed E-state index contributed by atoms with van der Waals surface area (Å²) >= 11 is 0. The number of carbonyl (C=O) groups is 1. The highest BCUT2D eigenvalue weighted by Gasteiger charge is 2.35. The molecule has 2 aliphatic rings. The van der Waals surface area contributed by atoms with Gasteiger partial charge in [-0.3, -0.25) is 4.79 Å². The summed E-state index contributed by atoms with van der Waals surface area (Å²) in [6.07, 6.45) is 9.55. The minimum Gasteiger partial charge on any atom is -0.399 e. The van der Waals surface area contributed by atoms with Crippen molar-refractivity contribution < 1.29 is 4.79 Å². The van der Waals surface area contributed by atoms with Crippen molar-refractivity contribution in [2.75, 3.05) is 5.73 Å². The van der Waals surface area contributed by atoms with Crippen LogP contribution in [0.4, 0.5) is 5.69 Å². The number of carbonyl (C=O) groups excluding carboxylic acids is 1. The monoisotopic (exact) mass is 286 g/mol. The Balaban J connectivity index is 1.68. The topological polar surface area (TPSA) is 46.3 Å². The zero-order chi connectivity index (χ0) is 14.7. The van der Waals surface area contributed by atoms with E-state index in [-0.39, 0.29) is 5.92 Å². The van der Waals surface area contributed by atoms with Crippen LogP contribution in [0.5, 0.6) is 0 Å². The SMILES string of the molecule is Nc1ccc(CN(C(=O)C2CCCCCC2)C2CC2)cc1. The summed E-state index contributed by atoms with van der Waals surface area (Å²) in [5, 5.41) is 0. The fourth-order valence-electron chi connectivity index (χ4n) is 3.35. The summed E-state index contributed by atoms with van der Waals surface area (Å²) < 4.78 is 0. The molecule has 0 unspecified atom stereocenters. The van der Waals surface area contributed by atoms with Crippen molar-refractivity contribution in [2.45, 2.75) is 64.0 Å². The fourth-order valence-corrected chi connectivity index (χ4v) is 3.35. The van der Waals surface area contributed by atoms with Gasteiger partial charge in [0, 0.05) is 24.2 Å². The normalized spacial score (nSPS) is 20.0. The second-order valence-corrected chi connectivity index (χ2v) is 6.63. The number of anilines is 1. The number of benzene rings is 1. The van der Waals surface area contributed by atoms with Crippen LogP contribution in [0.3, 0.4) is 0 Å². The van der Waals surface area contributed by atoms with Crippen molar-refractivity contribution in [1.29, 1.82) is 0 Å². The molecule has 0 aliphatic heterocycles. The van der Waals surface area contributed by atoms with Crippen molar-refractivity contribution in [3.63, 3.8) is 0 Å². The second kappa shape index (κ2) is 6.50. The molecular formula is C18H26N2O. The first-order valence-corrected chi connectivity index (χ1v) is 8.39. The van der Waals surface area contributed by atoms with Gasteiger partial charge in [0.05, 0.1) is 0 Å². The number of rotatable bonds is 4. The number of hydrogen-bond donors (Lipinski definition) is 1. The average Bonchev–Trinajstić information content (AvgIpc) is 3.32. The van der Waals surface area contributed by atoms with E-state index in [2.05, 4.69) is 4.90 Å². The maximum Gasteiger partial charge on any atom is 0.226 e. The van der Waals surface area contributed by atoms with Crippen molar-refractivity contribution in [3.8, 4) is 0 Å². The van der Waals surface area contributed by atoms with E-state index in [1.807, 2.05) is 24.3 Å². The van der Waals surface area contributed by atoms with Crippen LogP contribution in [0.1, 0.15) is 56.9 Å². The van der Waals surface area contributed by atoms with E-state index in [0.717, 1.165) is 25.1 Å². The van der Waals surface area contributed by atoms with Gasteiger partial charge < -0.3 is 10.6 Å². The van der Waals surface area contributed by atoms with Gasteiger partial charge in [0.15, 0.2) is 0 Å². The molecule has 1 amide bonds. The molecule has 0 bridgehead atoms. The number of nitrogens with zero attached hydrogens (tertiary/aromatic N) is 1. The Kier molecular flexibility index (Phi) is 4.47. The average molecular weight is 286 g/mol. The second-order valence-electron chi connectivity index (χ2n) is 6.63. The van der Waals surface area contributed by atoms with Crippen molar-refractivity contribution in [1.82, 2.24) is 4.90 Å². The van der Waals surface area contributed by atoms with Gasteiger partial charge in [-0.05, 0) is 43.4 Å². The fraction of sp³-hybridized carbons (Fsp3) is 0.611. The van der Waals surface area contributed by atoms with Crippen molar-refractivity contribution >= 4 is 11.6 Å². The Morgan fingerprint density at radius 1 is 1.00 bits per heavy atom. The van der Waals surface area contributed by atoms with E-state index >= 15 is 0 Å². The summed E-state index contributed by atoms with van der Waals surface area (Å²) in [4.78, 5) is 15.0. The lowest BCUT2D eigenvalue weighted by Crippen LogP contribution is -2.37. The summed E-state index contributed by atoms with van der Waals surface area (Å²) in [5.74, 6) is 0.665. The molecule has 1 aromatic rings. The molecule has 114 valence electrons. The molecule has 0 spiro atoms. The third kappa shape index (κ3) is 3.78. The maximum atomic E-state index is 12.9. The Bertz CT molecular complexity index is 470. The van der Waals surface area contributed by atoms with Gasteiger partial charge in [-0.2, -0.15) is 0 Å². The molecular weight excluding hydrogens is 260 g/mol. The lowest BCUT2D eigenvalue weighted by atomic mass is 9.98. The highest BCUT2D eigenvalue weighted by molar-refractivity contribution is 5.79. The predicted molar refractivity (Wildman–Crippen MR) is 85.6 cm³/mol. The van der Waals surface area contributed by atoms with Gasteiger partial charge in [-0.1, -0.05) is 37.8 Å². The lowest BCUT2D eigenvalue weighted by molar-refractivity contribution is -0.137. The Morgan fingerprint density at radius 2 is 1.62 bits per heavy atom. The molecule has 3 nitrogen and oxygen atoms in total. The Hall–Kier alpha value is -1.51. The first kappa shape index (κ1) is 14.4. The summed E-state index contributed by atoms with van der Waals surface area (Å²) in [5.41, 5.74) is 7.72. The zero-order valence-electron chi connectivity index (χ0n) is 12.8. The van der Waals surface area contributed by atoms with Crippen molar-refractivity contribution in [2.24, 2.45) is 5.92 Å². The van der Waals surface area contributed by atoms with Crippen molar-refractivity contribution in [3.05, 3.63) is 29.8 Å². The van der Waals surface area contributed by atoms with E-state index in [9.17, 15) is 4.79 Å². The molecule has 0 heterocycles. The van der Waals surface area contributed by atoms with Crippen LogP contribution in [-0.4, -0.2) is 16.8 Å². The zero-order valence-corrected chi connectivity index (χ0v) is 12.8. The largest absolute Gasteiger partial charge is 0.399 e. The molecule has 0 atom stereocenters. The van der Waals surface area contributed by atoms with E-state index in [1.165, 1.54) is 44.1 Å². The van der Waals surface area contributed by atoms with Crippen LogP contribution in [0.2, 0.25) is 0 Å². The summed E-state index contributed by atoms with van der Waals surface area (Å²) in [6, 6.07) is 8.43. The minimum absolute atomic E-state index is 0.266. The molecule has 3 rings (SSSR count). The molecule has 0 aromatic heterocycles. The van der Waals surface area contributed by atoms with Gasteiger partial charge >= 0.3 is 0 Å². The number of nitrogens with two attached hydrogens (primary N) is 1. The molecule has 1 aromatic carbocycles. The predicted octanol–water partition coefficient (Wildman–Crippen LogP) is 3.73. The lowest BCUT2D eigenvalue weighted by Gasteiger charge is -2.27. The molecule has 0 saturated heterocycles. The number of hydrogen-bond acceptors (Lipinski definition) is 2. The minimum atomic E-state index is 0.266. The molecule has 2 N–H and O–H groups in total. The molecule has 21 heavy (non-hydrogen) atoms. The third-order valence-electron chi connectivity index (χ3n) is 4.81. The van der Waals surface area contributed by atoms with Gasteiger partial charge in [-0.15, -0.1) is 0 Å². The number of nitrogen functional groups attached to an aromatic ring is 1. The highest BCUT2D eigenvalue weighted by atomic mass is 16.2. The smallest absolute Gasteiger partial charge is 0.226 e. The van der Waals surface area contributed by atoms with Crippen LogP contribution in [0.25, 0.3) is 0 Å². The van der Waals surface area contributed by atoms with E-state index < -0.39 is 0 Å². The Morgan fingerprint density at radius 3 is 2.19 bits per heavy atom. The maximum absolute atomic E-state index is 12.9. The first-order chi connectivity index (χ1) is 10.2. The first-order valence-electron chi connectivity index (χ1n) is 8.39. The van der Waals surface area contributed by atoms with Crippen LogP contribution >= 0.6 is 0 Å². The van der Waals surface area contributed by atoms with Crippen LogP contribution < -0.4 is 5.73 Å². The van der Waals surface area contributed by atoms with Crippen LogP contribution in [-0.2, 0) is 11.3 Å².